The van der Waals surface area contributed by atoms with E-state index in [9.17, 15) is 4.79 Å². The predicted molar refractivity (Wildman–Crippen MR) is 96.2 cm³/mol. The highest BCUT2D eigenvalue weighted by Crippen LogP contribution is 2.24. The fourth-order valence-electron chi connectivity index (χ4n) is 2.02. The number of benzene rings is 1. The molecule has 1 heterocycles. The monoisotopic (exact) mass is 348 g/mol. The first kappa shape index (κ1) is 18.3. The molecule has 0 aliphatic carbocycles. The van der Waals surface area contributed by atoms with Crippen LogP contribution >= 0.6 is 11.8 Å². The standard InChI is InChI=1S/C17H24N4O2S/c1-11(2)12(3)18-15(22)10-24-17-20-19-16(21(17)4)13-6-8-14(23-5)9-7-13/h6-9,11-12H,10H2,1-5H3,(H,18,22)/t12-/m1/s1. The Labute approximate surface area is 147 Å². The molecule has 1 aromatic heterocycles. The van der Waals surface area contributed by atoms with Crippen LogP contribution < -0.4 is 10.1 Å². The summed E-state index contributed by atoms with van der Waals surface area (Å²) in [5, 5.41) is 12.1. The van der Waals surface area contributed by atoms with Crippen molar-refractivity contribution in [2.24, 2.45) is 13.0 Å². The lowest BCUT2D eigenvalue weighted by Crippen LogP contribution is -2.37. The molecule has 0 aliphatic heterocycles. The van der Waals surface area contributed by atoms with Crippen LogP contribution in [0.25, 0.3) is 11.4 Å². The molecule has 7 heteroatoms. The van der Waals surface area contributed by atoms with Crippen molar-refractivity contribution < 1.29 is 9.53 Å². The van der Waals surface area contributed by atoms with Gasteiger partial charge in [-0.2, -0.15) is 0 Å². The van der Waals surface area contributed by atoms with Gasteiger partial charge in [0.05, 0.1) is 12.9 Å². The maximum atomic E-state index is 12.0. The summed E-state index contributed by atoms with van der Waals surface area (Å²) in [6, 6.07) is 7.81. The molecular formula is C17H24N4O2S. The number of nitrogens with zero attached hydrogens (tertiary/aromatic N) is 3. The van der Waals surface area contributed by atoms with Crippen molar-refractivity contribution in [1.29, 1.82) is 0 Å². The summed E-state index contributed by atoms with van der Waals surface area (Å²) in [5.74, 6) is 2.30. The summed E-state index contributed by atoms with van der Waals surface area (Å²) >= 11 is 1.38. The highest BCUT2D eigenvalue weighted by Gasteiger charge is 2.15. The second-order valence-electron chi connectivity index (χ2n) is 5.98. The summed E-state index contributed by atoms with van der Waals surface area (Å²) in [5.41, 5.74) is 0.954. The molecule has 0 spiro atoms. The maximum Gasteiger partial charge on any atom is 0.230 e. The molecule has 0 fully saturated rings. The van der Waals surface area contributed by atoms with E-state index in [2.05, 4.69) is 29.4 Å². The van der Waals surface area contributed by atoms with Gasteiger partial charge in [-0.1, -0.05) is 25.6 Å². The molecule has 2 rings (SSSR count). The van der Waals surface area contributed by atoms with E-state index < -0.39 is 0 Å². The van der Waals surface area contributed by atoms with Crippen LogP contribution in [0, 0.1) is 5.92 Å². The summed E-state index contributed by atoms with van der Waals surface area (Å²) in [4.78, 5) is 12.0. The summed E-state index contributed by atoms with van der Waals surface area (Å²) in [6.07, 6.45) is 0. The first-order valence-corrected chi connectivity index (χ1v) is 8.87. The lowest BCUT2D eigenvalue weighted by atomic mass is 10.1. The van der Waals surface area contributed by atoms with Crippen molar-refractivity contribution in [2.45, 2.75) is 32.0 Å². The minimum absolute atomic E-state index is 0.00944. The minimum Gasteiger partial charge on any atom is -0.497 e. The zero-order valence-electron chi connectivity index (χ0n) is 14.7. The van der Waals surface area contributed by atoms with Gasteiger partial charge in [0.1, 0.15) is 5.75 Å². The van der Waals surface area contributed by atoms with Gasteiger partial charge in [0.15, 0.2) is 11.0 Å². The normalized spacial score (nSPS) is 12.2. The zero-order chi connectivity index (χ0) is 17.7. The van der Waals surface area contributed by atoms with Crippen LogP contribution in [0.5, 0.6) is 5.75 Å². The number of amides is 1. The van der Waals surface area contributed by atoms with E-state index in [0.717, 1.165) is 17.1 Å². The molecule has 24 heavy (non-hydrogen) atoms. The number of ether oxygens (including phenoxy) is 1. The van der Waals surface area contributed by atoms with Crippen molar-refractivity contribution >= 4 is 17.7 Å². The number of hydrogen-bond acceptors (Lipinski definition) is 5. The SMILES string of the molecule is COc1ccc(-c2nnc(SCC(=O)N[C@H](C)C(C)C)n2C)cc1. The Bertz CT molecular complexity index is 682. The number of hydrogen-bond donors (Lipinski definition) is 1. The van der Waals surface area contributed by atoms with Gasteiger partial charge < -0.3 is 14.6 Å². The van der Waals surface area contributed by atoms with E-state index in [-0.39, 0.29) is 11.9 Å². The van der Waals surface area contributed by atoms with E-state index in [4.69, 9.17) is 4.74 Å². The van der Waals surface area contributed by atoms with Crippen LogP contribution in [0.1, 0.15) is 20.8 Å². The molecule has 1 aromatic carbocycles. The average molecular weight is 348 g/mol. The van der Waals surface area contributed by atoms with Crippen LogP contribution in [0.4, 0.5) is 0 Å². The third-order valence-corrected chi connectivity index (χ3v) is 4.92. The van der Waals surface area contributed by atoms with Crippen LogP contribution in [-0.4, -0.2) is 39.6 Å². The molecular weight excluding hydrogens is 324 g/mol. The molecule has 0 saturated heterocycles. The second-order valence-corrected chi connectivity index (χ2v) is 6.93. The number of carbonyl (C=O) groups excluding carboxylic acids is 1. The Morgan fingerprint density at radius 1 is 1.25 bits per heavy atom. The third-order valence-electron chi connectivity index (χ3n) is 3.90. The van der Waals surface area contributed by atoms with Gasteiger partial charge in [-0.05, 0) is 37.1 Å². The van der Waals surface area contributed by atoms with Crippen molar-refractivity contribution in [3.05, 3.63) is 24.3 Å². The van der Waals surface area contributed by atoms with E-state index >= 15 is 0 Å². The van der Waals surface area contributed by atoms with Crippen molar-refractivity contribution in [2.75, 3.05) is 12.9 Å². The molecule has 0 saturated carbocycles. The van der Waals surface area contributed by atoms with Crippen LogP contribution in [0.3, 0.4) is 0 Å². The Kier molecular flexibility index (Phi) is 6.25. The molecule has 0 aliphatic rings. The smallest absolute Gasteiger partial charge is 0.230 e. The number of aromatic nitrogens is 3. The van der Waals surface area contributed by atoms with Crippen LogP contribution in [0.2, 0.25) is 0 Å². The molecule has 130 valence electrons. The van der Waals surface area contributed by atoms with Crippen LogP contribution in [-0.2, 0) is 11.8 Å². The van der Waals surface area contributed by atoms with Crippen molar-refractivity contribution in [1.82, 2.24) is 20.1 Å². The van der Waals surface area contributed by atoms with Crippen LogP contribution in [0.15, 0.2) is 29.4 Å². The summed E-state index contributed by atoms with van der Waals surface area (Å²) < 4.78 is 7.06. The minimum atomic E-state index is 0.00944. The van der Waals surface area contributed by atoms with E-state index in [1.807, 2.05) is 42.8 Å². The largest absolute Gasteiger partial charge is 0.497 e. The number of methoxy groups -OCH3 is 1. The van der Waals surface area contributed by atoms with Gasteiger partial charge >= 0.3 is 0 Å². The van der Waals surface area contributed by atoms with Gasteiger partial charge in [0.2, 0.25) is 5.91 Å². The average Bonchev–Trinajstić information content (AvgIpc) is 2.93. The number of carbonyl (C=O) groups is 1. The summed E-state index contributed by atoms with van der Waals surface area (Å²) in [6.45, 7) is 6.18. The molecule has 1 N–H and O–H groups in total. The third kappa shape index (κ3) is 4.50. The van der Waals surface area contributed by atoms with E-state index in [1.165, 1.54) is 11.8 Å². The lowest BCUT2D eigenvalue weighted by Gasteiger charge is -2.17. The predicted octanol–water partition coefficient (Wildman–Crippen LogP) is 2.74. The van der Waals surface area contributed by atoms with Gasteiger partial charge in [0, 0.05) is 18.7 Å². The molecule has 0 unspecified atom stereocenters. The number of thioether (sulfide) groups is 1. The Morgan fingerprint density at radius 3 is 2.50 bits per heavy atom. The topological polar surface area (TPSA) is 69.0 Å². The molecule has 0 bridgehead atoms. The Morgan fingerprint density at radius 2 is 1.92 bits per heavy atom. The first-order chi connectivity index (χ1) is 11.4. The van der Waals surface area contributed by atoms with E-state index in [1.54, 1.807) is 7.11 Å². The lowest BCUT2D eigenvalue weighted by molar-refractivity contribution is -0.119. The second kappa shape index (κ2) is 8.19. The fourth-order valence-corrected chi connectivity index (χ4v) is 2.75. The summed E-state index contributed by atoms with van der Waals surface area (Å²) in [7, 11) is 3.54. The van der Waals surface area contributed by atoms with Crippen molar-refractivity contribution in [3.63, 3.8) is 0 Å². The number of nitrogens with one attached hydrogen (secondary N) is 1. The quantitative estimate of drug-likeness (QED) is 0.779. The first-order valence-electron chi connectivity index (χ1n) is 7.88. The molecule has 1 atom stereocenters. The molecule has 1 amide bonds. The highest BCUT2D eigenvalue weighted by molar-refractivity contribution is 7.99. The number of rotatable bonds is 7. The van der Waals surface area contributed by atoms with Crippen molar-refractivity contribution in [3.8, 4) is 17.1 Å². The highest BCUT2D eigenvalue weighted by atomic mass is 32.2. The molecule has 0 radical (unpaired) electrons. The Hall–Kier alpha value is -2.02. The van der Waals surface area contributed by atoms with E-state index in [0.29, 0.717) is 16.8 Å². The maximum absolute atomic E-state index is 12.0. The zero-order valence-corrected chi connectivity index (χ0v) is 15.6. The molecule has 2 aromatic rings. The Balaban J connectivity index is 2.00. The van der Waals surface area contributed by atoms with Gasteiger partial charge in [-0.3, -0.25) is 4.79 Å². The van der Waals surface area contributed by atoms with Gasteiger partial charge in [0.25, 0.3) is 0 Å². The fraction of sp³-hybridized carbons (Fsp3) is 0.471. The van der Waals surface area contributed by atoms with Gasteiger partial charge in [-0.15, -0.1) is 10.2 Å². The molecule has 6 nitrogen and oxygen atoms in total. The van der Waals surface area contributed by atoms with Gasteiger partial charge in [-0.25, -0.2) is 0 Å².